The van der Waals surface area contributed by atoms with Gasteiger partial charge < -0.3 is 10.6 Å². The number of thiocarbonyl (C=S) groups is 1. The Balaban J connectivity index is 1.44. The predicted octanol–water partition coefficient (Wildman–Crippen LogP) is 4.71. The fourth-order valence-corrected chi connectivity index (χ4v) is 3.69. The van der Waals surface area contributed by atoms with E-state index in [1.165, 1.54) is 12.0 Å². The summed E-state index contributed by atoms with van der Waals surface area (Å²) in [6, 6.07) is 18.8. The van der Waals surface area contributed by atoms with E-state index in [1.807, 2.05) is 24.3 Å². The van der Waals surface area contributed by atoms with Crippen molar-refractivity contribution in [2.45, 2.75) is 19.4 Å². The van der Waals surface area contributed by atoms with E-state index in [0.717, 1.165) is 25.3 Å². The first-order valence-corrected chi connectivity index (χ1v) is 9.50. The number of nitrogens with one attached hydrogen (secondary N) is 2. The smallest absolute Gasteiger partial charge is 0.170 e. The molecule has 2 N–H and O–H groups in total. The Hall–Kier alpha value is -1.62. The van der Waals surface area contributed by atoms with Gasteiger partial charge in [-0.3, -0.25) is 4.90 Å². The van der Waals surface area contributed by atoms with Gasteiger partial charge in [-0.2, -0.15) is 0 Å². The minimum absolute atomic E-state index is 0.461. The van der Waals surface area contributed by atoms with Gasteiger partial charge in [-0.15, -0.1) is 0 Å². The molecule has 132 valence electrons. The highest BCUT2D eigenvalue weighted by atomic mass is 35.5. The first kappa shape index (κ1) is 18.2. The highest BCUT2D eigenvalue weighted by molar-refractivity contribution is 7.80. The quantitative estimate of drug-likeness (QED) is 0.742. The molecule has 1 heterocycles. The third-order valence-corrected chi connectivity index (χ3v) is 5.26. The highest BCUT2D eigenvalue weighted by Crippen LogP contribution is 2.26. The second-order valence-corrected chi connectivity index (χ2v) is 7.43. The highest BCUT2D eigenvalue weighted by Gasteiger charge is 2.26. The Labute approximate surface area is 160 Å². The summed E-state index contributed by atoms with van der Waals surface area (Å²) in [6.07, 6.45) is 1.20. The maximum Gasteiger partial charge on any atom is 0.170 e. The van der Waals surface area contributed by atoms with Gasteiger partial charge in [0.05, 0.1) is 0 Å². The second-order valence-electron chi connectivity index (χ2n) is 6.58. The molecule has 0 aromatic heterocycles. The Morgan fingerprint density at radius 2 is 2.04 bits per heavy atom. The van der Waals surface area contributed by atoms with Crippen molar-refractivity contribution >= 4 is 34.6 Å². The van der Waals surface area contributed by atoms with Crippen molar-refractivity contribution < 1.29 is 0 Å². The summed E-state index contributed by atoms with van der Waals surface area (Å²) < 4.78 is 0. The minimum Gasteiger partial charge on any atom is -0.362 e. The Bertz CT molecular complexity index is 707. The molecule has 2 aromatic rings. The zero-order valence-corrected chi connectivity index (χ0v) is 16.0. The number of anilines is 1. The fraction of sp³-hybridized carbons (Fsp3) is 0.350. The SMILES string of the molecule is C[C@@H](c1ccccc1)N1CC[C@@H](CNC(=S)Nc2cccc(Cl)c2)C1. The Morgan fingerprint density at radius 1 is 1.24 bits per heavy atom. The molecule has 0 bridgehead atoms. The first-order valence-electron chi connectivity index (χ1n) is 8.71. The lowest BCUT2D eigenvalue weighted by atomic mass is 10.1. The van der Waals surface area contributed by atoms with Crippen LogP contribution in [0.1, 0.15) is 24.9 Å². The first-order chi connectivity index (χ1) is 12.1. The molecule has 1 aliphatic rings. The van der Waals surface area contributed by atoms with Crippen LogP contribution in [-0.4, -0.2) is 29.6 Å². The average Bonchev–Trinajstić information content (AvgIpc) is 3.09. The summed E-state index contributed by atoms with van der Waals surface area (Å²) in [5, 5.41) is 7.88. The number of rotatable bonds is 5. The third-order valence-electron chi connectivity index (χ3n) is 4.78. The normalized spacial score (nSPS) is 18.7. The van der Waals surface area contributed by atoms with Crippen LogP contribution in [0.5, 0.6) is 0 Å². The van der Waals surface area contributed by atoms with E-state index < -0.39 is 0 Å². The lowest BCUT2D eigenvalue weighted by Crippen LogP contribution is -2.34. The molecule has 5 heteroatoms. The van der Waals surface area contributed by atoms with Gasteiger partial charge in [0.25, 0.3) is 0 Å². The largest absolute Gasteiger partial charge is 0.362 e. The van der Waals surface area contributed by atoms with Crippen LogP contribution in [0.3, 0.4) is 0 Å². The molecule has 3 nitrogen and oxygen atoms in total. The monoisotopic (exact) mass is 373 g/mol. The van der Waals surface area contributed by atoms with Crippen LogP contribution in [0.25, 0.3) is 0 Å². The van der Waals surface area contributed by atoms with Gasteiger partial charge in [-0.05, 0) is 61.8 Å². The van der Waals surface area contributed by atoms with Crippen molar-refractivity contribution in [3.63, 3.8) is 0 Å². The molecule has 2 atom stereocenters. The van der Waals surface area contributed by atoms with Crippen LogP contribution < -0.4 is 10.6 Å². The summed E-state index contributed by atoms with van der Waals surface area (Å²) in [5.41, 5.74) is 2.30. The van der Waals surface area contributed by atoms with Gasteiger partial charge in [-0.1, -0.05) is 48.0 Å². The van der Waals surface area contributed by atoms with Crippen molar-refractivity contribution in [2.24, 2.45) is 5.92 Å². The number of hydrogen-bond acceptors (Lipinski definition) is 2. The summed E-state index contributed by atoms with van der Waals surface area (Å²) >= 11 is 11.4. The maximum absolute atomic E-state index is 6.00. The minimum atomic E-state index is 0.461. The molecule has 0 saturated carbocycles. The van der Waals surface area contributed by atoms with Crippen LogP contribution in [-0.2, 0) is 0 Å². The zero-order chi connectivity index (χ0) is 17.6. The molecule has 0 unspecified atom stereocenters. The Morgan fingerprint density at radius 3 is 2.80 bits per heavy atom. The van der Waals surface area contributed by atoms with Gasteiger partial charge in [-0.25, -0.2) is 0 Å². The number of benzene rings is 2. The predicted molar refractivity (Wildman–Crippen MR) is 110 cm³/mol. The molecule has 3 rings (SSSR count). The van der Waals surface area contributed by atoms with Gasteiger partial charge in [0, 0.05) is 29.8 Å². The lowest BCUT2D eigenvalue weighted by Gasteiger charge is -2.25. The van der Waals surface area contributed by atoms with E-state index in [0.29, 0.717) is 22.1 Å². The van der Waals surface area contributed by atoms with Crippen LogP contribution >= 0.6 is 23.8 Å². The van der Waals surface area contributed by atoms with Crippen LogP contribution in [0.4, 0.5) is 5.69 Å². The van der Waals surface area contributed by atoms with E-state index in [2.05, 4.69) is 52.8 Å². The Kier molecular flexibility index (Phi) is 6.29. The van der Waals surface area contributed by atoms with E-state index in [9.17, 15) is 0 Å². The molecule has 25 heavy (non-hydrogen) atoms. The third kappa shape index (κ3) is 5.18. The van der Waals surface area contributed by atoms with E-state index in [1.54, 1.807) is 0 Å². The van der Waals surface area contributed by atoms with Crippen LogP contribution in [0.15, 0.2) is 54.6 Å². The number of likely N-dealkylation sites (tertiary alicyclic amines) is 1. The molecule has 2 aromatic carbocycles. The van der Waals surface area contributed by atoms with Crippen LogP contribution in [0, 0.1) is 5.92 Å². The van der Waals surface area contributed by atoms with Gasteiger partial charge in [0.15, 0.2) is 5.11 Å². The number of nitrogens with zero attached hydrogens (tertiary/aromatic N) is 1. The topological polar surface area (TPSA) is 27.3 Å². The van der Waals surface area contributed by atoms with Crippen molar-refractivity contribution in [3.05, 3.63) is 65.2 Å². The van der Waals surface area contributed by atoms with E-state index >= 15 is 0 Å². The molecule has 0 spiro atoms. The molecular weight excluding hydrogens is 350 g/mol. The fourth-order valence-electron chi connectivity index (χ4n) is 3.30. The van der Waals surface area contributed by atoms with E-state index in [-0.39, 0.29) is 0 Å². The molecule has 0 amide bonds. The van der Waals surface area contributed by atoms with Crippen molar-refractivity contribution in [1.82, 2.24) is 10.2 Å². The molecule has 1 saturated heterocycles. The van der Waals surface area contributed by atoms with Gasteiger partial charge in [0.2, 0.25) is 0 Å². The van der Waals surface area contributed by atoms with Gasteiger partial charge in [0.1, 0.15) is 0 Å². The van der Waals surface area contributed by atoms with Gasteiger partial charge >= 0.3 is 0 Å². The average molecular weight is 374 g/mol. The molecule has 1 aliphatic heterocycles. The standard InChI is InChI=1S/C20H24ClN3S/c1-15(17-6-3-2-4-7-17)24-11-10-16(14-24)13-22-20(25)23-19-9-5-8-18(21)12-19/h2-9,12,15-16H,10-11,13-14H2,1H3,(H2,22,23,25)/t15-,16-/m0/s1. The summed E-state index contributed by atoms with van der Waals surface area (Å²) in [7, 11) is 0. The molecular formula is C20H24ClN3S. The van der Waals surface area contributed by atoms with Crippen molar-refractivity contribution in [3.8, 4) is 0 Å². The molecule has 1 fully saturated rings. The van der Waals surface area contributed by atoms with Crippen LogP contribution in [0.2, 0.25) is 5.02 Å². The zero-order valence-electron chi connectivity index (χ0n) is 14.4. The number of hydrogen-bond donors (Lipinski definition) is 2. The molecule has 0 aliphatic carbocycles. The second kappa shape index (κ2) is 8.65. The lowest BCUT2D eigenvalue weighted by molar-refractivity contribution is 0.253. The molecule has 0 radical (unpaired) electrons. The van der Waals surface area contributed by atoms with Crippen molar-refractivity contribution in [2.75, 3.05) is 25.0 Å². The summed E-state index contributed by atoms with van der Waals surface area (Å²) in [4.78, 5) is 2.55. The van der Waals surface area contributed by atoms with E-state index in [4.69, 9.17) is 23.8 Å². The summed E-state index contributed by atoms with van der Waals surface area (Å²) in [6.45, 7) is 5.42. The maximum atomic E-state index is 6.00. The number of halogens is 1. The van der Waals surface area contributed by atoms with Crippen molar-refractivity contribution in [1.29, 1.82) is 0 Å². The summed E-state index contributed by atoms with van der Waals surface area (Å²) in [5.74, 6) is 0.616.